The normalized spacial score (nSPS) is 33.9. The maximum Gasteiger partial charge on any atom is 0.176 e. The second-order valence-corrected chi connectivity index (χ2v) is 6.47. The maximum absolute atomic E-state index is 8.05. The van der Waals surface area contributed by atoms with Gasteiger partial charge in [-0.3, -0.25) is 0 Å². The Bertz CT molecular complexity index is 612. The quantitative estimate of drug-likeness (QED) is 0.582. The Morgan fingerprint density at radius 1 is 1.43 bits per heavy atom. The van der Waals surface area contributed by atoms with E-state index in [1.807, 2.05) is 12.1 Å². The van der Waals surface area contributed by atoms with E-state index in [4.69, 9.17) is 14.6 Å². The van der Waals surface area contributed by atoms with Gasteiger partial charge in [0.25, 0.3) is 0 Å². The first-order chi connectivity index (χ1) is 10.1. The van der Waals surface area contributed by atoms with Crippen LogP contribution in [0.2, 0.25) is 0 Å². The summed E-state index contributed by atoms with van der Waals surface area (Å²) in [6.07, 6.45) is 6.00. The molecule has 2 heterocycles. The summed E-state index contributed by atoms with van der Waals surface area (Å²) in [6, 6.07) is 4.19. The third-order valence-corrected chi connectivity index (χ3v) is 5.17. The number of methoxy groups -OCH3 is 1. The summed E-state index contributed by atoms with van der Waals surface area (Å²) in [5.74, 6) is 1.73. The Labute approximate surface area is 125 Å². The highest BCUT2D eigenvalue weighted by Gasteiger charge is 2.53. The van der Waals surface area contributed by atoms with Crippen LogP contribution in [0.25, 0.3) is 0 Å². The molecular formula is C17H22NO3+. The Balaban J connectivity index is 1.95. The van der Waals surface area contributed by atoms with Crippen LogP contribution in [0.15, 0.2) is 24.3 Å². The summed E-state index contributed by atoms with van der Waals surface area (Å²) in [6.45, 7) is 1.99. The third kappa shape index (κ3) is 1.75. The fraction of sp³-hybridized carbons (Fsp3) is 0.529. The summed E-state index contributed by atoms with van der Waals surface area (Å²) >= 11 is 0. The predicted molar refractivity (Wildman–Crippen MR) is 81.2 cm³/mol. The summed E-state index contributed by atoms with van der Waals surface area (Å²) in [7, 11) is 3.87. The minimum absolute atomic E-state index is 0.0679. The summed E-state index contributed by atoms with van der Waals surface area (Å²) < 4.78 is 11.8. The van der Waals surface area contributed by atoms with Crippen LogP contribution in [0.3, 0.4) is 0 Å². The Hall–Kier alpha value is -1.52. The lowest BCUT2D eigenvalue weighted by Crippen LogP contribution is -2.42. The first kappa shape index (κ1) is 13.2. The molecule has 0 radical (unpaired) electrons. The minimum atomic E-state index is -0.162. The molecule has 1 aromatic rings. The molecule has 0 aromatic heterocycles. The van der Waals surface area contributed by atoms with E-state index in [0.29, 0.717) is 0 Å². The largest absolute Gasteiger partial charge is 0.493 e. The minimum Gasteiger partial charge on any atom is -0.493 e. The van der Waals surface area contributed by atoms with Crippen LogP contribution in [-0.4, -0.2) is 42.9 Å². The SMILES string of the molecule is COc1ccc2c3c1O[C@H]1C[C@@H]([OH2+])C=C[C@]31CCN(C)C2. The highest BCUT2D eigenvalue weighted by atomic mass is 16.5. The van der Waals surface area contributed by atoms with Crippen LogP contribution in [-0.2, 0) is 12.0 Å². The van der Waals surface area contributed by atoms with Gasteiger partial charge in [0.1, 0.15) is 6.10 Å². The van der Waals surface area contributed by atoms with Crippen molar-refractivity contribution in [3.8, 4) is 11.5 Å². The summed E-state index contributed by atoms with van der Waals surface area (Å²) in [4.78, 5) is 2.37. The standard InChI is InChI=1S/C17H21NO3/c1-18-8-7-17-6-5-12(19)9-14(17)21-16-13(20-2)4-3-11(10-18)15(16)17/h3-6,12,14,19H,7-10H2,1-2H3/p+1/t12-,14-,17+/m0/s1. The van der Waals surface area contributed by atoms with E-state index >= 15 is 0 Å². The number of benzene rings is 1. The number of hydrogen-bond donors (Lipinski definition) is 0. The molecule has 1 aromatic carbocycles. The molecule has 3 aliphatic rings. The molecule has 0 bridgehead atoms. The average molecular weight is 288 g/mol. The molecule has 0 fully saturated rings. The zero-order valence-electron chi connectivity index (χ0n) is 12.6. The highest BCUT2D eigenvalue weighted by molar-refractivity contribution is 5.60. The number of ether oxygens (including phenoxy) is 2. The van der Waals surface area contributed by atoms with Crippen LogP contribution in [0.5, 0.6) is 11.5 Å². The van der Waals surface area contributed by atoms with E-state index in [9.17, 15) is 0 Å². The Kier molecular flexibility index (Phi) is 2.81. The van der Waals surface area contributed by atoms with Crippen molar-refractivity contribution >= 4 is 0 Å². The first-order valence-electron chi connectivity index (χ1n) is 7.60. The first-order valence-corrected chi connectivity index (χ1v) is 7.60. The van der Waals surface area contributed by atoms with E-state index in [2.05, 4.69) is 24.1 Å². The molecule has 0 unspecified atom stereocenters. The van der Waals surface area contributed by atoms with Gasteiger partial charge in [-0.2, -0.15) is 0 Å². The van der Waals surface area contributed by atoms with Gasteiger partial charge < -0.3 is 19.5 Å². The van der Waals surface area contributed by atoms with Crippen LogP contribution in [0, 0.1) is 0 Å². The van der Waals surface area contributed by atoms with Crippen LogP contribution >= 0.6 is 0 Å². The molecule has 1 spiro atoms. The highest BCUT2D eigenvalue weighted by Crippen LogP contribution is 2.55. The maximum atomic E-state index is 8.05. The van der Waals surface area contributed by atoms with Gasteiger partial charge >= 0.3 is 0 Å². The van der Waals surface area contributed by atoms with E-state index in [-0.39, 0.29) is 17.6 Å². The summed E-state index contributed by atoms with van der Waals surface area (Å²) in [5, 5.41) is 8.05. The van der Waals surface area contributed by atoms with E-state index in [1.165, 1.54) is 11.1 Å². The van der Waals surface area contributed by atoms with Crippen molar-refractivity contribution in [2.45, 2.75) is 37.0 Å². The zero-order chi connectivity index (χ0) is 14.6. The van der Waals surface area contributed by atoms with Crippen LogP contribution in [0.4, 0.5) is 0 Å². The van der Waals surface area contributed by atoms with Crippen LogP contribution in [0.1, 0.15) is 24.0 Å². The Morgan fingerprint density at radius 2 is 2.29 bits per heavy atom. The second kappa shape index (κ2) is 4.49. The molecule has 0 saturated heterocycles. The molecule has 4 rings (SSSR count). The molecule has 0 amide bonds. The van der Waals surface area contributed by atoms with Gasteiger partial charge in [-0.1, -0.05) is 12.1 Å². The van der Waals surface area contributed by atoms with Gasteiger partial charge in [-0.05, 0) is 37.7 Å². The van der Waals surface area contributed by atoms with E-state index in [0.717, 1.165) is 37.4 Å². The topological polar surface area (TPSA) is 44.6 Å². The molecule has 21 heavy (non-hydrogen) atoms. The van der Waals surface area contributed by atoms with Gasteiger partial charge in [-0.25, -0.2) is 0 Å². The number of rotatable bonds is 1. The lowest BCUT2D eigenvalue weighted by Gasteiger charge is -2.34. The second-order valence-electron chi connectivity index (χ2n) is 6.47. The molecule has 4 heteroatoms. The van der Waals surface area contributed by atoms with Crippen molar-refractivity contribution in [2.75, 3.05) is 20.7 Å². The molecule has 2 N–H and O–H groups in total. The molecule has 112 valence electrons. The molecular weight excluding hydrogens is 266 g/mol. The number of nitrogens with zero attached hydrogens (tertiary/aromatic N) is 1. The molecule has 1 aliphatic carbocycles. The van der Waals surface area contributed by atoms with Crippen molar-refractivity contribution in [1.82, 2.24) is 4.90 Å². The zero-order valence-corrected chi connectivity index (χ0v) is 12.6. The van der Waals surface area contributed by atoms with Crippen molar-refractivity contribution in [2.24, 2.45) is 0 Å². The van der Waals surface area contributed by atoms with Gasteiger partial charge in [0.05, 0.1) is 18.9 Å². The average Bonchev–Trinajstić information content (AvgIpc) is 2.72. The van der Waals surface area contributed by atoms with Crippen molar-refractivity contribution in [1.29, 1.82) is 0 Å². The van der Waals surface area contributed by atoms with Gasteiger partial charge in [0.2, 0.25) is 0 Å². The van der Waals surface area contributed by atoms with Crippen molar-refractivity contribution in [3.05, 3.63) is 35.4 Å². The monoisotopic (exact) mass is 288 g/mol. The molecule has 2 aliphatic heterocycles. The summed E-state index contributed by atoms with van der Waals surface area (Å²) in [5.41, 5.74) is 2.57. The van der Waals surface area contributed by atoms with Gasteiger partial charge in [-0.15, -0.1) is 0 Å². The van der Waals surface area contributed by atoms with Gasteiger partial charge in [0, 0.05) is 12.1 Å². The van der Waals surface area contributed by atoms with E-state index in [1.54, 1.807) is 7.11 Å². The lowest BCUT2D eigenvalue weighted by atomic mass is 9.69. The molecule has 4 nitrogen and oxygen atoms in total. The van der Waals surface area contributed by atoms with Crippen LogP contribution < -0.4 is 9.47 Å². The number of hydrogen-bond acceptors (Lipinski definition) is 3. The smallest absolute Gasteiger partial charge is 0.176 e. The van der Waals surface area contributed by atoms with Crippen molar-refractivity contribution < 1.29 is 14.6 Å². The fourth-order valence-electron chi connectivity index (χ4n) is 4.09. The van der Waals surface area contributed by atoms with E-state index < -0.39 is 0 Å². The predicted octanol–water partition coefficient (Wildman–Crippen LogP) is 1.58. The van der Waals surface area contributed by atoms with Crippen molar-refractivity contribution in [3.63, 3.8) is 0 Å². The van der Waals surface area contributed by atoms with Gasteiger partial charge in [0.15, 0.2) is 17.6 Å². The molecule has 0 saturated carbocycles. The Morgan fingerprint density at radius 3 is 3.10 bits per heavy atom. The lowest BCUT2D eigenvalue weighted by molar-refractivity contribution is 0.0821. The molecule has 3 atom stereocenters. The fourth-order valence-corrected chi connectivity index (χ4v) is 4.09. The third-order valence-electron chi connectivity index (χ3n) is 5.17.